The first-order chi connectivity index (χ1) is 7.02. The molecule has 0 radical (unpaired) electrons. The molecule has 0 bridgehead atoms. The molecule has 0 rings (SSSR count). The Hall–Kier alpha value is -1.10. The lowest BCUT2D eigenvalue weighted by Crippen LogP contribution is -2.50. The van der Waals surface area contributed by atoms with Crippen LogP contribution in [0, 0.1) is 0 Å². The smallest absolute Gasteiger partial charge is 0.305 e. The Labute approximate surface area is 96.6 Å². The van der Waals surface area contributed by atoms with Gasteiger partial charge in [0.1, 0.15) is 0 Å². The van der Waals surface area contributed by atoms with Gasteiger partial charge in [-0.25, -0.2) is 0 Å². The third-order valence-corrected chi connectivity index (χ3v) is 1.85. The fraction of sp³-hybridized carbons (Fsp3) is 0.818. The van der Waals surface area contributed by atoms with Gasteiger partial charge in [-0.1, -0.05) is 0 Å². The van der Waals surface area contributed by atoms with Crippen LogP contribution in [0.3, 0.4) is 0 Å². The summed E-state index contributed by atoms with van der Waals surface area (Å²) < 4.78 is 0. The minimum atomic E-state index is -0.922. The molecule has 3 N–H and O–H groups in total. The minimum absolute atomic E-state index is 0.0890. The summed E-state index contributed by atoms with van der Waals surface area (Å²) in [5, 5.41) is 14.4. The van der Waals surface area contributed by atoms with Gasteiger partial charge in [0.15, 0.2) is 0 Å². The highest BCUT2D eigenvalue weighted by Gasteiger charge is 2.24. The number of amides is 1. The molecular formula is C11H22N2O3. The number of carboxylic acid groups (broad SMARTS) is 1. The van der Waals surface area contributed by atoms with Crippen molar-refractivity contribution in [3.05, 3.63) is 0 Å². The van der Waals surface area contributed by atoms with Gasteiger partial charge in [0.25, 0.3) is 0 Å². The van der Waals surface area contributed by atoms with Gasteiger partial charge in [0.05, 0.1) is 13.0 Å². The predicted molar refractivity (Wildman–Crippen MR) is 62.2 cm³/mol. The second kappa shape index (κ2) is 5.30. The van der Waals surface area contributed by atoms with Crippen LogP contribution in [0.25, 0.3) is 0 Å². The molecule has 0 fully saturated rings. The van der Waals surface area contributed by atoms with Crippen molar-refractivity contribution in [3.63, 3.8) is 0 Å². The Kier molecular flexibility index (Phi) is 4.93. The van der Waals surface area contributed by atoms with E-state index in [9.17, 15) is 9.59 Å². The van der Waals surface area contributed by atoms with E-state index in [1.807, 2.05) is 20.8 Å². The number of carboxylic acids is 1. The van der Waals surface area contributed by atoms with Crippen LogP contribution in [0.1, 0.15) is 41.0 Å². The van der Waals surface area contributed by atoms with Crippen LogP contribution in [0.15, 0.2) is 0 Å². The van der Waals surface area contributed by atoms with Gasteiger partial charge in [-0.3, -0.25) is 9.59 Å². The average molecular weight is 230 g/mol. The van der Waals surface area contributed by atoms with E-state index in [4.69, 9.17) is 5.11 Å². The molecule has 5 nitrogen and oxygen atoms in total. The molecule has 94 valence electrons. The van der Waals surface area contributed by atoms with E-state index in [1.165, 1.54) is 0 Å². The third-order valence-electron chi connectivity index (χ3n) is 1.85. The molecule has 0 heterocycles. The predicted octanol–water partition coefficient (Wildman–Crippen LogP) is 0.744. The Morgan fingerprint density at radius 2 is 1.62 bits per heavy atom. The number of hydrogen-bond donors (Lipinski definition) is 3. The number of hydrogen-bond acceptors (Lipinski definition) is 3. The zero-order valence-corrected chi connectivity index (χ0v) is 10.7. The molecule has 0 spiro atoms. The molecule has 0 aliphatic heterocycles. The largest absolute Gasteiger partial charge is 0.481 e. The highest BCUT2D eigenvalue weighted by molar-refractivity contribution is 5.80. The second-order valence-corrected chi connectivity index (χ2v) is 5.61. The highest BCUT2D eigenvalue weighted by Crippen LogP contribution is 2.07. The summed E-state index contributed by atoms with van der Waals surface area (Å²) in [5.74, 6) is -1.12. The van der Waals surface area contributed by atoms with Crippen molar-refractivity contribution in [2.45, 2.75) is 52.1 Å². The molecule has 0 atom stereocenters. The standard InChI is InChI=1S/C11H22N2O3/c1-10(2,3)12-7-8(14)13-11(4,5)6-9(15)16/h12H,6-7H2,1-5H3,(H,13,14)(H,15,16). The third kappa shape index (κ3) is 8.23. The van der Waals surface area contributed by atoms with Crippen molar-refractivity contribution >= 4 is 11.9 Å². The number of rotatable bonds is 5. The Morgan fingerprint density at radius 1 is 1.12 bits per heavy atom. The van der Waals surface area contributed by atoms with Crippen LogP contribution >= 0.6 is 0 Å². The number of aliphatic carboxylic acids is 1. The SMILES string of the molecule is CC(C)(C)NCC(=O)NC(C)(C)CC(=O)O. The quantitative estimate of drug-likeness (QED) is 0.651. The number of carbonyl (C=O) groups excluding carboxylic acids is 1. The maximum atomic E-state index is 11.5. The first kappa shape index (κ1) is 14.9. The van der Waals surface area contributed by atoms with Crippen molar-refractivity contribution < 1.29 is 14.7 Å². The molecule has 0 unspecified atom stereocenters. The van der Waals surface area contributed by atoms with E-state index in [1.54, 1.807) is 13.8 Å². The minimum Gasteiger partial charge on any atom is -0.481 e. The summed E-state index contributed by atoms with van der Waals surface area (Å²) in [6.07, 6.45) is -0.0890. The fourth-order valence-electron chi connectivity index (χ4n) is 1.19. The number of carbonyl (C=O) groups is 2. The zero-order chi connectivity index (χ0) is 13.0. The monoisotopic (exact) mass is 230 g/mol. The summed E-state index contributed by atoms with van der Waals surface area (Å²) in [6, 6.07) is 0. The Morgan fingerprint density at radius 3 is 2.00 bits per heavy atom. The van der Waals surface area contributed by atoms with Gasteiger partial charge in [-0.2, -0.15) is 0 Å². The van der Waals surface area contributed by atoms with Crippen LogP contribution in [-0.4, -0.2) is 34.6 Å². The Balaban J connectivity index is 4.09. The zero-order valence-electron chi connectivity index (χ0n) is 10.7. The molecule has 0 saturated carbocycles. The van der Waals surface area contributed by atoms with Gasteiger partial charge in [0.2, 0.25) is 5.91 Å². The van der Waals surface area contributed by atoms with E-state index in [-0.39, 0.29) is 24.4 Å². The molecular weight excluding hydrogens is 208 g/mol. The van der Waals surface area contributed by atoms with Gasteiger partial charge < -0.3 is 15.7 Å². The lowest BCUT2D eigenvalue weighted by molar-refractivity contribution is -0.138. The summed E-state index contributed by atoms with van der Waals surface area (Å²) >= 11 is 0. The van der Waals surface area contributed by atoms with Crippen molar-refractivity contribution in [2.75, 3.05) is 6.54 Å². The molecule has 0 aliphatic rings. The average Bonchev–Trinajstić information content (AvgIpc) is 1.95. The molecule has 0 aromatic carbocycles. The van der Waals surface area contributed by atoms with Gasteiger partial charge in [0, 0.05) is 11.1 Å². The molecule has 16 heavy (non-hydrogen) atoms. The summed E-state index contributed by atoms with van der Waals surface area (Å²) in [5.41, 5.74) is -0.850. The van der Waals surface area contributed by atoms with E-state index in [0.29, 0.717) is 0 Å². The summed E-state index contributed by atoms with van der Waals surface area (Å²) in [6.45, 7) is 9.45. The molecule has 5 heteroatoms. The molecule has 0 aromatic rings. The van der Waals surface area contributed by atoms with E-state index < -0.39 is 11.5 Å². The van der Waals surface area contributed by atoms with E-state index in [2.05, 4.69) is 10.6 Å². The summed E-state index contributed by atoms with van der Waals surface area (Å²) in [7, 11) is 0. The topological polar surface area (TPSA) is 78.4 Å². The van der Waals surface area contributed by atoms with Gasteiger partial charge >= 0.3 is 5.97 Å². The lowest BCUT2D eigenvalue weighted by Gasteiger charge is -2.26. The van der Waals surface area contributed by atoms with E-state index >= 15 is 0 Å². The van der Waals surface area contributed by atoms with Crippen molar-refractivity contribution in [1.82, 2.24) is 10.6 Å². The first-order valence-electron chi connectivity index (χ1n) is 5.30. The van der Waals surface area contributed by atoms with Crippen LogP contribution in [0.5, 0.6) is 0 Å². The van der Waals surface area contributed by atoms with Crippen LogP contribution in [0.4, 0.5) is 0 Å². The second-order valence-electron chi connectivity index (χ2n) is 5.61. The van der Waals surface area contributed by atoms with Crippen LogP contribution in [-0.2, 0) is 9.59 Å². The summed E-state index contributed by atoms with van der Waals surface area (Å²) in [4.78, 5) is 22.1. The van der Waals surface area contributed by atoms with Crippen molar-refractivity contribution in [1.29, 1.82) is 0 Å². The lowest BCUT2D eigenvalue weighted by atomic mass is 10.0. The normalized spacial score (nSPS) is 12.3. The maximum absolute atomic E-state index is 11.5. The fourth-order valence-corrected chi connectivity index (χ4v) is 1.19. The van der Waals surface area contributed by atoms with Crippen molar-refractivity contribution in [2.24, 2.45) is 0 Å². The highest BCUT2D eigenvalue weighted by atomic mass is 16.4. The van der Waals surface area contributed by atoms with Crippen molar-refractivity contribution in [3.8, 4) is 0 Å². The van der Waals surface area contributed by atoms with Gasteiger partial charge in [-0.05, 0) is 34.6 Å². The first-order valence-corrected chi connectivity index (χ1v) is 5.30. The van der Waals surface area contributed by atoms with Crippen LogP contribution in [0.2, 0.25) is 0 Å². The number of nitrogens with one attached hydrogen (secondary N) is 2. The molecule has 0 aromatic heterocycles. The molecule has 0 aliphatic carbocycles. The van der Waals surface area contributed by atoms with E-state index in [0.717, 1.165) is 0 Å². The Bertz CT molecular complexity index is 267. The maximum Gasteiger partial charge on any atom is 0.305 e. The van der Waals surface area contributed by atoms with Crippen LogP contribution < -0.4 is 10.6 Å². The van der Waals surface area contributed by atoms with Gasteiger partial charge in [-0.15, -0.1) is 0 Å². The molecule has 0 saturated heterocycles. The molecule has 1 amide bonds.